The monoisotopic (exact) mass is 506 g/mol. The molecule has 4 rings (SSSR count). The van der Waals surface area contributed by atoms with E-state index >= 15 is 0 Å². The molecule has 0 unspecified atom stereocenters. The van der Waals surface area contributed by atoms with Crippen LogP contribution in [0.2, 0.25) is 0 Å². The lowest BCUT2D eigenvalue weighted by Gasteiger charge is -2.26. The Morgan fingerprint density at radius 2 is 1.26 bits per heavy atom. The third-order valence-electron chi connectivity index (χ3n) is 7.55. The highest BCUT2D eigenvalue weighted by Crippen LogP contribution is 2.48. The zero-order valence-electron chi connectivity index (χ0n) is 25.9. The van der Waals surface area contributed by atoms with Gasteiger partial charge >= 0.3 is 0 Å². The van der Waals surface area contributed by atoms with Crippen LogP contribution in [0, 0.1) is 27.7 Å². The molecule has 0 nitrogen and oxygen atoms in total. The van der Waals surface area contributed by atoms with Gasteiger partial charge in [-0.1, -0.05) is 110 Å². The summed E-state index contributed by atoms with van der Waals surface area (Å²) in [7, 11) is 0. The highest BCUT2D eigenvalue weighted by molar-refractivity contribution is 5.82. The van der Waals surface area contributed by atoms with Crippen LogP contribution >= 0.6 is 0 Å². The summed E-state index contributed by atoms with van der Waals surface area (Å²) in [6.45, 7) is 31.0. The first-order valence-electron chi connectivity index (χ1n) is 13.6. The summed E-state index contributed by atoms with van der Waals surface area (Å²) in [5.74, 6) is 0. The van der Waals surface area contributed by atoms with Crippen molar-refractivity contribution in [3.63, 3.8) is 0 Å². The lowest BCUT2D eigenvalue weighted by Crippen LogP contribution is -2.17. The van der Waals surface area contributed by atoms with E-state index in [1.807, 2.05) is 39.0 Å². The molecule has 0 saturated carbocycles. The highest BCUT2D eigenvalue weighted by atomic mass is 14.4. The van der Waals surface area contributed by atoms with Crippen LogP contribution in [0.1, 0.15) is 81.8 Å². The molecule has 3 aromatic carbocycles. The van der Waals surface area contributed by atoms with Gasteiger partial charge < -0.3 is 0 Å². The average Bonchev–Trinajstić information content (AvgIpc) is 3.09. The van der Waals surface area contributed by atoms with Gasteiger partial charge in [0.25, 0.3) is 0 Å². The lowest BCUT2D eigenvalue weighted by atomic mass is 9.78. The molecule has 0 bridgehead atoms. The van der Waals surface area contributed by atoms with Gasteiger partial charge in [0, 0.05) is 5.41 Å². The average molecular weight is 507 g/mol. The predicted molar refractivity (Wildman–Crippen MR) is 174 cm³/mol. The summed E-state index contributed by atoms with van der Waals surface area (Å²) in [4.78, 5) is 0. The van der Waals surface area contributed by atoms with Crippen molar-refractivity contribution in [1.29, 1.82) is 0 Å². The van der Waals surface area contributed by atoms with E-state index in [0.717, 1.165) is 0 Å². The number of allylic oxidation sites excluding steroid dienone is 6. The summed E-state index contributed by atoms with van der Waals surface area (Å²) >= 11 is 0. The normalized spacial score (nSPS) is 13.1. The molecule has 202 valence electrons. The van der Waals surface area contributed by atoms with Crippen LogP contribution in [0.4, 0.5) is 0 Å². The Balaban J connectivity index is 0.000000294. The van der Waals surface area contributed by atoms with Crippen LogP contribution in [0.5, 0.6) is 0 Å². The molecule has 0 saturated heterocycles. The fourth-order valence-electron chi connectivity index (χ4n) is 4.83. The molecule has 0 heterocycles. The zero-order valence-corrected chi connectivity index (χ0v) is 25.9. The first kappa shape index (κ1) is 32.6. The van der Waals surface area contributed by atoms with E-state index in [2.05, 4.69) is 123 Å². The number of hydrogen-bond acceptors (Lipinski definition) is 0. The SMILES string of the molecule is C=C/C(C)=C\C.C=CC.CC1=C(C)C(C)(C)c2c(C)c(C)cc(C)c21.Cc1ccccc1-c1ccccc1. The van der Waals surface area contributed by atoms with E-state index in [-0.39, 0.29) is 5.41 Å². The first-order chi connectivity index (χ1) is 17.9. The molecular formula is C38H50. The van der Waals surface area contributed by atoms with Gasteiger partial charge in [-0.15, -0.1) is 6.58 Å². The van der Waals surface area contributed by atoms with Crippen molar-refractivity contribution in [1.82, 2.24) is 0 Å². The molecule has 0 atom stereocenters. The van der Waals surface area contributed by atoms with Gasteiger partial charge in [-0.2, -0.15) is 0 Å². The Hall–Kier alpha value is -3.38. The van der Waals surface area contributed by atoms with Crippen molar-refractivity contribution in [2.75, 3.05) is 0 Å². The van der Waals surface area contributed by atoms with Crippen LogP contribution in [0.25, 0.3) is 16.7 Å². The molecule has 0 fully saturated rings. The Labute approximate surface area is 234 Å². The molecule has 0 amide bonds. The zero-order chi connectivity index (χ0) is 29.0. The summed E-state index contributed by atoms with van der Waals surface area (Å²) in [5, 5.41) is 0. The Morgan fingerprint density at radius 3 is 1.74 bits per heavy atom. The third-order valence-corrected chi connectivity index (χ3v) is 7.55. The van der Waals surface area contributed by atoms with E-state index in [4.69, 9.17) is 0 Å². The van der Waals surface area contributed by atoms with E-state index in [0.29, 0.717) is 0 Å². The fourth-order valence-corrected chi connectivity index (χ4v) is 4.83. The molecule has 0 radical (unpaired) electrons. The van der Waals surface area contributed by atoms with Crippen LogP contribution in [0.3, 0.4) is 0 Å². The van der Waals surface area contributed by atoms with E-state index in [1.165, 1.54) is 55.7 Å². The molecule has 1 aliphatic rings. The Kier molecular flexibility index (Phi) is 13.0. The van der Waals surface area contributed by atoms with Crippen molar-refractivity contribution in [2.45, 2.75) is 81.6 Å². The van der Waals surface area contributed by atoms with Crippen molar-refractivity contribution in [3.8, 4) is 11.1 Å². The van der Waals surface area contributed by atoms with Crippen molar-refractivity contribution >= 4 is 5.57 Å². The second kappa shape index (κ2) is 15.1. The molecule has 0 N–H and O–H groups in total. The maximum Gasteiger partial charge on any atom is 0.0117 e. The van der Waals surface area contributed by atoms with Crippen LogP contribution in [-0.4, -0.2) is 0 Å². The molecule has 3 aromatic rings. The van der Waals surface area contributed by atoms with Gasteiger partial charge in [-0.05, 0) is 112 Å². The van der Waals surface area contributed by atoms with Crippen LogP contribution in [0.15, 0.2) is 103 Å². The van der Waals surface area contributed by atoms with E-state index in [9.17, 15) is 0 Å². The van der Waals surface area contributed by atoms with Gasteiger partial charge in [0.05, 0.1) is 0 Å². The largest absolute Gasteiger partial charge is 0.103 e. The maximum atomic E-state index is 3.56. The van der Waals surface area contributed by atoms with Gasteiger partial charge in [0.15, 0.2) is 0 Å². The fraction of sp³-hybridized carbons (Fsp3) is 0.316. The molecular weight excluding hydrogens is 456 g/mol. The second-order valence-electron chi connectivity index (χ2n) is 10.6. The summed E-state index contributed by atoms with van der Waals surface area (Å²) in [6.07, 6.45) is 5.60. The minimum Gasteiger partial charge on any atom is -0.103 e. The molecule has 0 spiro atoms. The number of hydrogen-bond donors (Lipinski definition) is 0. The van der Waals surface area contributed by atoms with Gasteiger partial charge in [-0.25, -0.2) is 0 Å². The van der Waals surface area contributed by atoms with Gasteiger partial charge in [0.2, 0.25) is 0 Å². The third kappa shape index (κ3) is 8.06. The lowest BCUT2D eigenvalue weighted by molar-refractivity contribution is 0.633. The van der Waals surface area contributed by atoms with E-state index < -0.39 is 0 Å². The molecule has 38 heavy (non-hydrogen) atoms. The first-order valence-corrected chi connectivity index (χ1v) is 13.6. The van der Waals surface area contributed by atoms with Gasteiger partial charge in [-0.3, -0.25) is 0 Å². The Morgan fingerprint density at radius 1 is 0.737 bits per heavy atom. The molecule has 1 aliphatic carbocycles. The minimum absolute atomic E-state index is 0.209. The molecule has 0 heteroatoms. The van der Waals surface area contributed by atoms with Crippen LogP contribution < -0.4 is 0 Å². The quantitative estimate of drug-likeness (QED) is 0.239. The van der Waals surface area contributed by atoms with E-state index in [1.54, 1.807) is 11.6 Å². The van der Waals surface area contributed by atoms with Crippen molar-refractivity contribution < 1.29 is 0 Å². The number of benzene rings is 3. The second-order valence-corrected chi connectivity index (χ2v) is 10.6. The number of rotatable bonds is 2. The van der Waals surface area contributed by atoms with Crippen molar-refractivity contribution in [3.05, 3.63) is 137 Å². The predicted octanol–water partition coefficient (Wildman–Crippen LogP) is 11.7. The number of aryl methyl sites for hydroxylation is 3. The minimum atomic E-state index is 0.209. The smallest absolute Gasteiger partial charge is 0.0117 e. The number of fused-ring (bicyclic) bond motifs is 1. The van der Waals surface area contributed by atoms with Gasteiger partial charge in [0.1, 0.15) is 0 Å². The standard InChI is InChI=1S/C16H22.C13H12.C6H10.C3H6/c1-9-8-10(2)14-12(4)13(5)16(6,7)15(14)11(9)3;1-11-7-5-6-10-13(11)12-8-3-2-4-9-12;1-4-6(3)5-2;1-3-2/h8H,1-7H3;2-10H,1H3;4-5H,1H2,2-3H3;3H,1H2,2H3/b;;6-5-;. The topological polar surface area (TPSA) is 0 Å². The maximum absolute atomic E-state index is 3.56. The van der Waals surface area contributed by atoms with Crippen molar-refractivity contribution in [2.24, 2.45) is 0 Å². The summed E-state index contributed by atoms with van der Waals surface area (Å²) in [6, 6.07) is 21.2. The summed E-state index contributed by atoms with van der Waals surface area (Å²) < 4.78 is 0. The van der Waals surface area contributed by atoms with Crippen LogP contribution in [-0.2, 0) is 5.41 Å². The Bertz CT molecular complexity index is 1280. The summed E-state index contributed by atoms with van der Waals surface area (Å²) in [5.41, 5.74) is 15.8. The molecule has 0 aliphatic heterocycles. The molecule has 0 aromatic heterocycles. The highest BCUT2D eigenvalue weighted by Gasteiger charge is 2.36.